The number of carbonyl (C=O) groups excluding carboxylic acids is 1. The number of aromatic nitrogens is 1. The maximum Gasteiger partial charge on any atom is 0.410 e. The van der Waals surface area contributed by atoms with Crippen LogP contribution < -0.4 is 0 Å². The van der Waals surface area contributed by atoms with Gasteiger partial charge in [-0.3, -0.25) is 9.80 Å². The molecule has 0 N–H and O–H groups in total. The third-order valence-corrected chi connectivity index (χ3v) is 5.99. The molecule has 1 aliphatic heterocycles. The SMILES string of the molecule is CO[C@@H]1CN([C@H](c2ccc(Cl)nc2)C(F)(F)F)C[C@H]1N(C(=O)OCc1ccccc1)C(C)(C)C. The number of likely N-dealkylation sites (tertiary alicyclic amines) is 1. The first-order valence-electron chi connectivity index (χ1n) is 10.9. The number of benzene rings is 1. The molecule has 1 aromatic carbocycles. The number of ether oxygens (including phenoxy) is 2. The van der Waals surface area contributed by atoms with E-state index in [1.807, 2.05) is 51.1 Å². The standard InChI is InChI=1S/C24H29ClF3N3O3/c1-23(2,3)31(22(32)34-15-16-8-6-5-7-9-16)18-13-30(14-19(18)33-4)21(24(26,27)28)17-10-11-20(25)29-12-17/h5-12,18-19,21H,13-15H2,1-4H3/t18-,19-,21-/m1/s1. The predicted octanol–water partition coefficient (Wildman–Crippen LogP) is 5.47. The van der Waals surface area contributed by atoms with Crippen LogP contribution >= 0.6 is 11.6 Å². The third kappa shape index (κ3) is 6.20. The summed E-state index contributed by atoms with van der Waals surface area (Å²) in [7, 11) is 1.43. The molecule has 2 heterocycles. The number of methoxy groups -OCH3 is 1. The summed E-state index contributed by atoms with van der Waals surface area (Å²) in [5.74, 6) is 0. The van der Waals surface area contributed by atoms with Crippen molar-refractivity contribution in [3.8, 4) is 0 Å². The summed E-state index contributed by atoms with van der Waals surface area (Å²) in [6, 6.07) is 9.28. The number of rotatable bonds is 6. The highest BCUT2D eigenvalue weighted by Gasteiger charge is 2.52. The van der Waals surface area contributed by atoms with E-state index < -0.39 is 36.0 Å². The van der Waals surface area contributed by atoms with E-state index >= 15 is 0 Å². The van der Waals surface area contributed by atoms with Crippen LogP contribution in [-0.2, 0) is 16.1 Å². The molecule has 1 amide bonds. The highest BCUT2D eigenvalue weighted by molar-refractivity contribution is 6.29. The molecule has 0 spiro atoms. The molecule has 3 rings (SSSR count). The van der Waals surface area contributed by atoms with E-state index in [9.17, 15) is 18.0 Å². The Bertz CT molecular complexity index is 952. The molecule has 2 aromatic rings. The molecule has 0 saturated carbocycles. The molecule has 3 atom stereocenters. The third-order valence-electron chi connectivity index (χ3n) is 5.77. The fraction of sp³-hybridized carbons (Fsp3) is 0.500. The average Bonchev–Trinajstić information content (AvgIpc) is 3.15. The average molecular weight is 500 g/mol. The summed E-state index contributed by atoms with van der Waals surface area (Å²) in [6.07, 6.45) is -4.69. The maximum atomic E-state index is 14.2. The number of alkyl halides is 3. The number of hydrogen-bond acceptors (Lipinski definition) is 5. The first-order chi connectivity index (χ1) is 15.9. The van der Waals surface area contributed by atoms with Crippen LogP contribution in [0.5, 0.6) is 0 Å². The zero-order chi connectivity index (χ0) is 25.1. The van der Waals surface area contributed by atoms with Gasteiger partial charge in [0.15, 0.2) is 0 Å². The minimum Gasteiger partial charge on any atom is -0.445 e. The van der Waals surface area contributed by atoms with Crippen LogP contribution in [0.2, 0.25) is 5.15 Å². The van der Waals surface area contributed by atoms with Crippen molar-refractivity contribution in [2.75, 3.05) is 20.2 Å². The lowest BCUT2D eigenvalue weighted by molar-refractivity contribution is -0.185. The van der Waals surface area contributed by atoms with Crippen LogP contribution in [0.25, 0.3) is 0 Å². The van der Waals surface area contributed by atoms with Gasteiger partial charge in [0.05, 0.1) is 12.1 Å². The molecule has 1 saturated heterocycles. The van der Waals surface area contributed by atoms with Gasteiger partial charge in [-0.15, -0.1) is 0 Å². The van der Waals surface area contributed by atoms with Crippen molar-refractivity contribution in [2.45, 2.75) is 57.3 Å². The molecule has 6 nitrogen and oxygen atoms in total. The molecule has 186 valence electrons. The van der Waals surface area contributed by atoms with E-state index in [1.165, 1.54) is 29.0 Å². The van der Waals surface area contributed by atoms with E-state index in [1.54, 1.807) is 0 Å². The highest BCUT2D eigenvalue weighted by atomic mass is 35.5. The summed E-state index contributed by atoms with van der Waals surface area (Å²) in [4.78, 5) is 19.8. The van der Waals surface area contributed by atoms with Gasteiger partial charge in [0.1, 0.15) is 17.8 Å². The molecule has 34 heavy (non-hydrogen) atoms. The molecular formula is C24H29ClF3N3O3. The van der Waals surface area contributed by atoms with Gasteiger partial charge >= 0.3 is 12.3 Å². The Hall–Kier alpha value is -2.36. The number of pyridine rings is 1. The molecule has 1 fully saturated rings. The topological polar surface area (TPSA) is 54.9 Å². The number of hydrogen-bond donors (Lipinski definition) is 0. The molecule has 0 unspecified atom stereocenters. The molecule has 0 aliphatic carbocycles. The Morgan fingerprint density at radius 3 is 2.38 bits per heavy atom. The summed E-state index contributed by atoms with van der Waals surface area (Å²) in [5.41, 5.74) is 0.0654. The second-order valence-corrected chi connectivity index (χ2v) is 9.62. The van der Waals surface area contributed by atoms with Crippen molar-refractivity contribution < 1.29 is 27.4 Å². The quantitative estimate of drug-likeness (QED) is 0.493. The Labute approximate surface area is 202 Å². The van der Waals surface area contributed by atoms with Gasteiger partial charge in [-0.05, 0) is 38.0 Å². The van der Waals surface area contributed by atoms with E-state index in [4.69, 9.17) is 21.1 Å². The zero-order valence-electron chi connectivity index (χ0n) is 19.6. The molecular weight excluding hydrogens is 471 g/mol. The Balaban J connectivity index is 1.86. The highest BCUT2D eigenvalue weighted by Crippen LogP contribution is 2.41. The van der Waals surface area contributed by atoms with Crippen molar-refractivity contribution in [1.29, 1.82) is 0 Å². The van der Waals surface area contributed by atoms with Crippen molar-refractivity contribution in [1.82, 2.24) is 14.8 Å². The molecule has 1 aliphatic rings. The predicted molar refractivity (Wildman–Crippen MR) is 122 cm³/mol. The summed E-state index contributed by atoms with van der Waals surface area (Å²) < 4.78 is 53.6. The molecule has 10 heteroatoms. The second kappa shape index (κ2) is 10.5. The van der Waals surface area contributed by atoms with Gasteiger partial charge in [-0.2, -0.15) is 13.2 Å². The number of halogens is 4. The van der Waals surface area contributed by atoms with E-state index in [0.29, 0.717) is 0 Å². The van der Waals surface area contributed by atoms with E-state index in [2.05, 4.69) is 4.98 Å². The second-order valence-electron chi connectivity index (χ2n) is 9.23. The Kier molecular flexibility index (Phi) is 8.10. The smallest absolute Gasteiger partial charge is 0.410 e. The van der Waals surface area contributed by atoms with Crippen LogP contribution in [0.3, 0.4) is 0 Å². The van der Waals surface area contributed by atoms with Gasteiger partial charge in [0, 0.05) is 31.9 Å². The number of nitrogens with zero attached hydrogens (tertiary/aromatic N) is 3. The van der Waals surface area contributed by atoms with Gasteiger partial charge in [-0.25, -0.2) is 9.78 Å². The fourth-order valence-electron chi connectivity index (χ4n) is 4.33. The van der Waals surface area contributed by atoms with Gasteiger partial charge in [0.25, 0.3) is 0 Å². The van der Waals surface area contributed by atoms with Gasteiger partial charge in [0.2, 0.25) is 0 Å². The van der Waals surface area contributed by atoms with Crippen LogP contribution in [0.4, 0.5) is 18.0 Å². The normalized spacial score (nSPS) is 20.2. The van der Waals surface area contributed by atoms with Gasteiger partial charge in [-0.1, -0.05) is 48.0 Å². The van der Waals surface area contributed by atoms with Crippen molar-refractivity contribution in [3.05, 3.63) is 64.9 Å². The fourth-order valence-corrected chi connectivity index (χ4v) is 4.44. The minimum absolute atomic E-state index is 0.0213. The largest absolute Gasteiger partial charge is 0.445 e. The van der Waals surface area contributed by atoms with E-state index in [-0.39, 0.29) is 30.4 Å². The van der Waals surface area contributed by atoms with Crippen LogP contribution in [0, 0.1) is 0 Å². The molecule has 0 bridgehead atoms. The minimum atomic E-state index is -4.57. The van der Waals surface area contributed by atoms with Gasteiger partial charge < -0.3 is 9.47 Å². The van der Waals surface area contributed by atoms with Crippen LogP contribution in [0.1, 0.15) is 37.9 Å². The lowest BCUT2D eigenvalue weighted by Crippen LogP contribution is -2.56. The van der Waals surface area contributed by atoms with Crippen molar-refractivity contribution in [3.63, 3.8) is 0 Å². The van der Waals surface area contributed by atoms with E-state index in [0.717, 1.165) is 11.8 Å². The van der Waals surface area contributed by atoms with Crippen LogP contribution in [-0.4, -0.2) is 64.9 Å². The first-order valence-corrected chi connectivity index (χ1v) is 11.2. The first kappa shape index (κ1) is 26.2. The lowest BCUT2D eigenvalue weighted by atomic mass is 10.0. The number of amides is 1. The Morgan fingerprint density at radius 1 is 1.18 bits per heavy atom. The summed E-state index contributed by atoms with van der Waals surface area (Å²) in [6.45, 7) is 5.43. The number of carbonyl (C=O) groups is 1. The maximum absolute atomic E-state index is 14.2. The lowest BCUT2D eigenvalue weighted by Gasteiger charge is -2.41. The molecule has 1 aromatic heterocycles. The zero-order valence-corrected chi connectivity index (χ0v) is 20.3. The van der Waals surface area contributed by atoms with Crippen molar-refractivity contribution >= 4 is 17.7 Å². The molecule has 0 radical (unpaired) electrons. The summed E-state index contributed by atoms with van der Waals surface area (Å²) in [5, 5.41) is 0.110. The Morgan fingerprint density at radius 2 is 1.85 bits per heavy atom. The summed E-state index contributed by atoms with van der Waals surface area (Å²) >= 11 is 5.78. The van der Waals surface area contributed by atoms with Crippen molar-refractivity contribution in [2.24, 2.45) is 0 Å². The monoisotopic (exact) mass is 499 g/mol. The van der Waals surface area contributed by atoms with Crippen LogP contribution in [0.15, 0.2) is 48.7 Å².